The number of aromatic nitrogens is 3. The van der Waals surface area contributed by atoms with Gasteiger partial charge in [-0.15, -0.1) is 0 Å². The maximum atomic E-state index is 13.1. The van der Waals surface area contributed by atoms with Crippen LogP contribution in [0.5, 0.6) is 11.6 Å². The molecule has 0 radical (unpaired) electrons. The molecular formula is C24H16Cl2F3N5O2. The van der Waals surface area contributed by atoms with Gasteiger partial charge in [-0.25, -0.2) is 15.0 Å². The molecule has 7 nitrogen and oxygen atoms in total. The lowest BCUT2D eigenvalue weighted by Crippen LogP contribution is -2.15. The number of nitrogens with one attached hydrogen (secondary N) is 2. The Morgan fingerprint density at radius 3 is 2.50 bits per heavy atom. The number of halogens is 5. The van der Waals surface area contributed by atoms with E-state index >= 15 is 0 Å². The van der Waals surface area contributed by atoms with Gasteiger partial charge in [-0.3, -0.25) is 4.79 Å². The third-order valence-electron chi connectivity index (χ3n) is 4.87. The Balaban J connectivity index is 1.61. The average Bonchev–Trinajstić information content (AvgIpc) is 2.86. The number of rotatable bonds is 6. The fraction of sp³-hybridized carbons (Fsp3) is 0.0833. The van der Waals surface area contributed by atoms with Gasteiger partial charge >= 0.3 is 6.18 Å². The number of nitrogens with zero attached hydrogens (tertiary/aromatic N) is 3. The van der Waals surface area contributed by atoms with Gasteiger partial charge in [0.1, 0.15) is 5.75 Å². The van der Waals surface area contributed by atoms with Crippen LogP contribution in [0.2, 0.25) is 10.0 Å². The van der Waals surface area contributed by atoms with Gasteiger partial charge in [0.25, 0.3) is 5.91 Å². The minimum absolute atomic E-state index is 0.102. The number of carbonyl (C=O) groups is 1. The van der Waals surface area contributed by atoms with Crippen molar-refractivity contribution in [2.75, 3.05) is 17.7 Å². The fourth-order valence-corrected chi connectivity index (χ4v) is 3.50. The van der Waals surface area contributed by atoms with Gasteiger partial charge in [0.2, 0.25) is 11.8 Å². The highest BCUT2D eigenvalue weighted by Gasteiger charge is 2.31. The van der Waals surface area contributed by atoms with E-state index in [1.54, 1.807) is 37.5 Å². The lowest BCUT2D eigenvalue weighted by Gasteiger charge is -2.14. The molecule has 0 unspecified atom stereocenters. The monoisotopic (exact) mass is 533 g/mol. The normalized spacial score (nSPS) is 11.2. The first-order valence-corrected chi connectivity index (χ1v) is 11.0. The van der Waals surface area contributed by atoms with Gasteiger partial charge in [0.05, 0.1) is 38.1 Å². The molecule has 184 valence electrons. The smallest absolute Gasteiger partial charge is 0.416 e. The summed E-state index contributed by atoms with van der Waals surface area (Å²) < 4.78 is 45.2. The second kappa shape index (κ2) is 10.4. The lowest BCUT2D eigenvalue weighted by molar-refractivity contribution is -0.137. The van der Waals surface area contributed by atoms with Crippen molar-refractivity contribution in [2.45, 2.75) is 6.18 Å². The first-order chi connectivity index (χ1) is 17.2. The highest BCUT2D eigenvalue weighted by Crippen LogP contribution is 2.35. The van der Waals surface area contributed by atoms with E-state index in [0.29, 0.717) is 23.3 Å². The SMILES string of the molecule is CNc1nccc(-c2cccnc2Oc2ccc(Cl)c(NC(=O)c3cc(C(F)(F)F)ccc3Cl)c2)n1. The Morgan fingerprint density at radius 1 is 0.972 bits per heavy atom. The summed E-state index contributed by atoms with van der Waals surface area (Å²) in [4.78, 5) is 25.5. The molecule has 0 fully saturated rings. The summed E-state index contributed by atoms with van der Waals surface area (Å²) in [7, 11) is 1.69. The maximum absolute atomic E-state index is 13.1. The molecule has 2 heterocycles. The molecule has 1 amide bonds. The van der Waals surface area contributed by atoms with Crippen LogP contribution in [-0.2, 0) is 6.18 Å². The second-order valence-corrected chi connectivity index (χ2v) is 8.08. The highest BCUT2D eigenvalue weighted by molar-refractivity contribution is 6.36. The van der Waals surface area contributed by atoms with Crippen molar-refractivity contribution in [1.29, 1.82) is 0 Å². The van der Waals surface area contributed by atoms with E-state index in [4.69, 9.17) is 27.9 Å². The van der Waals surface area contributed by atoms with Crippen LogP contribution in [0.15, 0.2) is 67.0 Å². The van der Waals surface area contributed by atoms with Crippen LogP contribution in [0.25, 0.3) is 11.3 Å². The van der Waals surface area contributed by atoms with E-state index in [2.05, 4.69) is 25.6 Å². The zero-order chi connectivity index (χ0) is 25.9. The largest absolute Gasteiger partial charge is 0.438 e. The zero-order valence-corrected chi connectivity index (χ0v) is 19.9. The van der Waals surface area contributed by atoms with Crippen LogP contribution >= 0.6 is 23.2 Å². The summed E-state index contributed by atoms with van der Waals surface area (Å²) in [6, 6.07) is 12.1. The molecule has 2 N–H and O–H groups in total. The Labute approximate surface area is 213 Å². The number of benzene rings is 2. The summed E-state index contributed by atoms with van der Waals surface area (Å²) in [5.41, 5.74) is -0.129. The van der Waals surface area contributed by atoms with E-state index < -0.39 is 17.6 Å². The van der Waals surface area contributed by atoms with E-state index in [9.17, 15) is 18.0 Å². The summed E-state index contributed by atoms with van der Waals surface area (Å²) >= 11 is 12.2. The second-order valence-electron chi connectivity index (χ2n) is 7.26. The van der Waals surface area contributed by atoms with Crippen LogP contribution in [-0.4, -0.2) is 27.9 Å². The molecule has 36 heavy (non-hydrogen) atoms. The van der Waals surface area contributed by atoms with Crippen molar-refractivity contribution in [3.63, 3.8) is 0 Å². The summed E-state index contributed by atoms with van der Waals surface area (Å²) in [5, 5.41) is 5.33. The highest BCUT2D eigenvalue weighted by atomic mass is 35.5. The van der Waals surface area contributed by atoms with Gasteiger partial charge < -0.3 is 15.4 Å². The Morgan fingerprint density at radius 2 is 1.75 bits per heavy atom. The molecule has 0 saturated carbocycles. The zero-order valence-electron chi connectivity index (χ0n) is 18.4. The number of anilines is 2. The Bertz CT molecular complexity index is 1430. The molecule has 12 heteroatoms. The first kappa shape index (κ1) is 25.2. The minimum atomic E-state index is -4.64. The molecule has 2 aromatic carbocycles. The topological polar surface area (TPSA) is 89.0 Å². The third-order valence-corrected chi connectivity index (χ3v) is 5.52. The van der Waals surface area contributed by atoms with Crippen molar-refractivity contribution in [1.82, 2.24) is 15.0 Å². The van der Waals surface area contributed by atoms with Crippen molar-refractivity contribution in [3.05, 3.63) is 88.2 Å². The lowest BCUT2D eigenvalue weighted by atomic mass is 10.1. The van der Waals surface area contributed by atoms with E-state index in [1.807, 2.05) is 0 Å². The van der Waals surface area contributed by atoms with Gasteiger partial charge in [-0.05, 0) is 48.5 Å². The number of amides is 1. The molecule has 0 bridgehead atoms. The van der Waals surface area contributed by atoms with Crippen LogP contribution in [0, 0.1) is 0 Å². The van der Waals surface area contributed by atoms with Gasteiger partial charge in [-0.2, -0.15) is 13.2 Å². The van der Waals surface area contributed by atoms with Crippen LogP contribution in [0.1, 0.15) is 15.9 Å². The molecule has 0 spiro atoms. The standard InChI is InChI=1S/C24H16Cl2F3N5O2/c1-30-23-32-10-8-19(34-23)15-3-2-9-31-22(15)36-14-5-7-18(26)20(12-14)33-21(35)16-11-13(24(27,28)29)4-6-17(16)25/h2-12H,1H3,(H,33,35)(H,30,32,34). The summed E-state index contributed by atoms with van der Waals surface area (Å²) in [6.45, 7) is 0. The van der Waals surface area contributed by atoms with E-state index in [-0.39, 0.29) is 32.9 Å². The number of hydrogen-bond acceptors (Lipinski definition) is 6. The predicted octanol–water partition coefficient (Wildman–Crippen LogP) is 6.95. The van der Waals surface area contributed by atoms with Gasteiger partial charge in [-0.1, -0.05) is 23.2 Å². The fourth-order valence-electron chi connectivity index (χ4n) is 3.14. The number of alkyl halides is 3. The number of pyridine rings is 1. The van der Waals surface area contributed by atoms with Crippen LogP contribution in [0.4, 0.5) is 24.8 Å². The molecule has 0 saturated heterocycles. The summed E-state index contributed by atoms with van der Waals surface area (Å²) in [5.74, 6) is 0.0164. The molecule has 2 aromatic heterocycles. The molecule has 4 rings (SSSR count). The van der Waals surface area contributed by atoms with Crippen molar-refractivity contribution in [2.24, 2.45) is 0 Å². The molecule has 4 aromatic rings. The van der Waals surface area contributed by atoms with Gasteiger partial charge in [0.15, 0.2) is 0 Å². The van der Waals surface area contributed by atoms with Crippen molar-refractivity contribution in [3.8, 4) is 22.9 Å². The quantitative estimate of drug-likeness (QED) is 0.278. The van der Waals surface area contributed by atoms with Crippen LogP contribution in [0.3, 0.4) is 0 Å². The van der Waals surface area contributed by atoms with E-state index in [0.717, 1.165) is 12.1 Å². The molecule has 0 aliphatic heterocycles. The molecular weight excluding hydrogens is 518 g/mol. The molecule has 0 aliphatic rings. The Kier molecular flexibility index (Phi) is 7.27. The maximum Gasteiger partial charge on any atom is 0.416 e. The molecule has 0 aliphatic carbocycles. The number of hydrogen-bond donors (Lipinski definition) is 2. The number of carbonyl (C=O) groups excluding carboxylic acids is 1. The van der Waals surface area contributed by atoms with Crippen molar-refractivity contribution >= 4 is 40.7 Å². The predicted molar refractivity (Wildman–Crippen MR) is 131 cm³/mol. The van der Waals surface area contributed by atoms with Crippen molar-refractivity contribution < 1.29 is 22.7 Å². The summed E-state index contributed by atoms with van der Waals surface area (Å²) in [6.07, 6.45) is -1.52. The first-order valence-electron chi connectivity index (χ1n) is 10.3. The minimum Gasteiger partial charge on any atom is -0.438 e. The van der Waals surface area contributed by atoms with Crippen LogP contribution < -0.4 is 15.4 Å². The number of ether oxygens (including phenoxy) is 1. The average molecular weight is 534 g/mol. The van der Waals surface area contributed by atoms with Gasteiger partial charge in [0, 0.05) is 25.5 Å². The third kappa shape index (κ3) is 5.67. The van der Waals surface area contributed by atoms with E-state index in [1.165, 1.54) is 18.3 Å². The molecule has 0 atom stereocenters. The Hall–Kier alpha value is -3.89.